The van der Waals surface area contributed by atoms with Crippen molar-refractivity contribution in [2.45, 2.75) is 40.5 Å². The number of anilines is 1. The molecule has 2 aromatic carbocycles. The SMILES string of the molecule is CCc1cc(NC(=O)CC(C)(C)C)cc(-c2cnc3n[nH]c(-c4nc5c(-c6ccccn6)cccc5[nH]4)c3c2)c1. The van der Waals surface area contributed by atoms with Crippen molar-refractivity contribution in [3.63, 3.8) is 0 Å². The summed E-state index contributed by atoms with van der Waals surface area (Å²) in [5, 5.41) is 11.5. The number of amides is 1. The van der Waals surface area contributed by atoms with Gasteiger partial charge < -0.3 is 10.3 Å². The van der Waals surface area contributed by atoms with Crippen molar-refractivity contribution in [3.05, 3.63) is 78.6 Å². The van der Waals surface area contributed by atoms with Gasteiger partial charge >= 0.3 is 0 Å². The van der Waals surface area contributed by atoms with Gasteiger partial charge in [0.25, 0.3) is 0 Å². The summed E-state index contributed by atoms with van der Waals surface area (Å²) >= 11 is 0. The fourth-order valence-corrected chi connectivity index (χ4v) is 4.94. The van der Waals surface area contributed by atoms with Crippen molar-refractivity contribution in [2.24, 2.45) is 5.41 Å². The van der Waals surface area contributed by atoms with Crippen LogP contribution in [0.4, 0.5) is 5.69 Å². The van der Waals surface area contributed by atoms with E-state index in [1.54, 1.807) is 6.20 Å². The second kappa shape index (κ2) is 10.0. The monoisotopic (exact) mass is 529 g/mol. The molecule has 200 valence electrons. The molecule has 6 aromatic rings. The first-order chi connectivity index (χ1) is 19.3. The fourth-order valence-electron chi connectivity index (χ4n) is 4.94. The van der Waals surface area contributed by atoms with Crippen LogP contribution in [-0.2, 0) is 11.2 Å². The lowest BCUT2D eigenvalue weighted by Gasteiger charge is -2.18. The van der Waals surface area contributed by atoms with Gasteiger partial charge in [0.2, 0.25) is 5.91 Å². The average Bonchev–Trinajstić information content (AvgIpc) is 3.56. The number of nitrogens with zero attached hydrogens (tertiary/aromatic N) is 4. The Labute approximate surface area is 232 Å². The zero-order valence-electron chi connectivity index (χ0n) is 23.0. The predicted molar refractivity (Wildman–Crippen MR) is 160 cm³/mol. The molecule has 0 bridgehead atoms. The Morgan fingerprint density at radius 3 is 2.62 bits per heavy atom. The van der Waals surface area contributed by atoms with E-state index >= 15 is 0 Å². The van der Waals surface area contributed by atoms with E-state index in [0.717, 1.165) is 62.2 Å². The number of aromatic amines is 2. The molecule has 0 atom stereocenters. The highest BCUT2D eigenvalue weighted by Gasteiger charge is 2.18. The van der Waals surface area contributed by atoms with E-state index in [4.69, 9.17) is 4.98 Å². The first kappa shape index (κ1) is 25.4. The highest BCUT2D eigenvalue weighted by molar-refractivity contribution is 5.97. The molecular weight excluding hydrogens is 498 g/mol. The van der Waals surface area contributed by atoms with Crippen molar-refractivity contribution in [3.8, 4) is 33.9 Å². The van der Waals surface area contributed by atoms with Crippen LogP contribution < -0.4 is 5.32 Å². The fraction of sp³-hybridized carbons (Fsp3) is 0.219. The molecule has 0 spiro atoms. The Morgan fingerprint density at radius 1 is 0.975 bits per heavy atom. The van der Waals surface area contributed by atoms with Gasteiger partial charge in [-0.15, -0.1) is 0 Å². The van der Waals surface area contributed by atoms with E-state index in [0.29, 0.717) is 17.9 Å². The average molecular weight is 530 g/mol. The maximum atomic E-state index is 12.7. The number of H-pyrrole nitrogens is 2. The molecular formula is C32H31N7O. The number of hydrogen-bond acceptors (Lipinski definition) is 5. The van der Waals surface area contributed by atoms with Crippen molar-refractivity contribution in [2.75, 3.05) is 5.32 Å². The zero-order valence-corrected chi connectivity index (χ0v) is 23.0. The molecule has 6 rings (SSSR count). The van der Waals surface area contributed by atoms with Gasteiger partial charge in [-0.25, -0.2) is 9.97 Å². The number of hydrogen-bond donors (Lipinski definition) is 3. The highest BCUT2D eigenvalue weighted by atomic mass is 16.1. The Kier molecular flexibility index (Phi) is 6.38. The number of rotatable bonds is 6. The Hall–Kier alpha value is -4.85. The summed E-state index contributed by atoms with van der Waals surface area (Å²) in [4.78, 5) is 30.2. The summed E-state index contributed by atoms with van der Waals surface area (Å²) in [6.45, 7) is 8.29. The van der Waals surface area contributed by atoms with Crippen molar-refractivity contribution in [1.29, 1.82) is 0 Å². The maximum Gasteiger partial charge on any atom is 0.224 e. The Bertz CT molecular complexity index is 1840. The third-order valence-corrected chi connectivity index (χ3v) is 6.81. The quantitative estimate of drug-likeness (QED) is 0.212. The smallest absolute Gasteiger partial charge is 0.224 e. The van der Waals surface area contributed by atoms with Crippen LogP contribution >= 0.6 is 0 Å². The molecule has 8 heteroatoms. The number of para-hydroxylation sites is 1. The van der Waals surface area contributed by atoms with Crippen LogP contribution in [0.2, 0.25) is 0 Å². The molecule has 0 saturated heterocycles. The van der Waals surface area contributed by atoms with Gasteiger partial charge in [-0.05, 0) is 59.4 Å². The molecule has 0 unspecified atom stereocenters. The highest BCUT2D eigenvalue weighted by Crippen LogP contribution is 2.33. The van der Waals surface area contributed by atoms with Crippen LogP contribution in [0.15, 0.2) is 73.1 Å². The summed E-state index contributed by atoms with van der Waals surface area (Å²) in [6.07, 6.45) is 4.90. The van der Waals surface area contributed by atoms with Crippen LogP contribution in [0.5, 0.6) is 0 Å². The lowest BCUT2D eigenvalue weighted by molar-refractivity contribution is -0.117. The second-order valence-electron chi connectivity index (χ2n) is 11.3. The first-order valence-electron chi connectivity index (χ1n) is 13.5. The van der Waals surface area contributed by atoms with Crippen molar-refractivity contribution >= 4 is 33.7 Å². The molecule has 0 aliphatic carbocycles. The summed E-state index contributed by atoms with van der Waals surface area (Å²) in [7, 11) is 0. The lowest BCUT2D eigenvalue weighted by Crippen LogP contribution is -2.19. The standard InChI is InChI=1S/C32H31N7O/c1-5-19-13-20(15-22(14-19)35-27(40)17-32(2,3)4)21-16-24-29(38-39-30(24)34-18-21)31-36-26-11-8-9-23(28(26)37-31)25-10-6-7-12-33-25/h6-16,18H,5,17H2,1-4H3,(H,35,40)(H,36,37)(H,34,38,39). The van der Waals surface area contributed by atoms with Gasteiger partial charge in [0.15, 0.2) is 11.5 Å². The number of carbonyl (C=O) groups is 1. The molecule has 1 amide bonds. The van der Waals surface area contributed by atoms with E-state index in [9.17, 15) is 4.79 Å². The van der Waals surface area contributed by atoms with E-state index in [-0.39, 0.29) is 11.3 Å². The number of carbonyl (C=O) groups excluding carboxylic acids is 1. The van der Waals surface area contributed by atoms with Crippen molar-refractivity contribution in [1.82, 2.24) is 30.1 Å². The molecule has 0 aliphatic rings. The van der Waals surface area contributed by atoms with Gasteiger partial charge in [-0.3, -0.25) is 14.9 Å². The topological polar surface area (TPSA) is 112 Å². The summed E-state index contributed by atoms with van der Waals surface area (Å²) in [5.41, 5.74) is 8.70. The third kappa shape index (κ3) is 5.08. The van der Waals surface area contributed by atoms with Gasteiger partial charge in [-0.1, -0.05) is 52.0 Å². The van der Waals surface area contributed by atoms with Crippen LogP contribution in [0.3, 0.4) is 0 Å². The molecule has 0 saturated carbocycles. The summed E-state index contributed by atoms with van der Waals surface area (Å²) in [5.74, 6) is 0.685. The molecule has 4 heterocycles. The molecule has 4 aromatic heterocycles. The minimum atomic E-state index is -0.0864. The van der Waals surface area contributed by atoms with E-state index in [1.807, 2.05) is 54.7 Å². The lowest BCUT2D eigenvalue weighted by atomic mass is 9.92. The third-order valence-electron chi connectivity index (χ3n) is 6.81. The van der Waals surface area contributed by atoms with E-state index < -0.39 is 0 Å². The minimum Gasteiger partial charge on any atom is -0.337 e. The van der Waals surface area contributed by atoms with Crippen LogP contribution in [0.1, 0.15) is 39.7 Å². The van der Waals surface area contributed by atoms with Gasteiger partial charge in [0.1, 0.15) is 5.69 Å². The largest absolute Gasteiger partial charge is 0.337 e. The zero-order chi connectivity index (χ0) is 27.9. The number of benzene rings is 2. The second-order valence-corrected chi connectivity index (χ2v) is 11.3. The van der Waals surface area contributed by atoms with Crippen LogP contribution in [0, 0.1) is 5.41 Å². The number of aryl methyl sites for hydroxylation is 1. The molecule has 40 heavy (non-hydrogen) atoms. The molecule has 8 nitrogen and oxygen atoms in total. The maximum absolute atomic E-state index is 12.7. The Balaban J connectivity index is 1.40. The summed E-state index contributed by atoms with van der Waals surface area (Å²) < 4.78 is 0. The number of fused-ring (bicyclic) bond motifs is 2. The van der Waals surface area contributed by atoms with Crippen LogP contribution in [0.25, 0.3) is 56.0 Å². The van der Waals surface area contributed by atoms with E-state index in [1.165, 1.54) is 0 Å². The molecule has 0 fully saturated rings. The summed E-state index contributed by atoms with van der Waals surface area (Å²) in [6, 6.07) is 20.1. The molecule has 3 N–H and O–H groups in total. The van der Waals surface area contributed by atoms with E-state index in [2.05, 4.69) is 70.3 Å². The first-order valence-corrected chi connectivity index (χ1v) is 13.5. The minimum absolute atomic E-state index is 0.00681. The predicted octanol–water partition coefficient (Wildman–Crippen LogP) is 7.17. The number of imidazole rings is 1. The van der Waals surface area contributed by atoms with Crippen LogP contribution in [-0.4, -0.2) is 36.0 Å². The number of nitrogens with one attached hydrogen (secondary N) is 3. The molecule has 0 radical (unpaired) electrons. The van der Waals surface area contributed by atoms with Gasteiger partial charge in [0, 0.05) is 35.6 Å². The van der Waals surface area contributed by atoms with Gasteiger partial charge in [-0.2, -0.15) is 5.10 Å². The molecule has 0 aliphatic heterocycles. The number of aromatic nitrogens is 6. The number of pyridine rings is 2. The van der Waals surface area contributed by atoms with Crippen molar-refractivity contribution < 1.29 is 4.79 Å². The normalized spacial score (nSPS) is 11.8. The Morgan fingerprint density at radius 2 is 1.85 bits per heavy atom. The van der Waals surface area contributed by atoms with Gasteiger partial charge in [0.05, 0.1) is 22.1 Å².